The normalized spacial score (nSPS) is 11.9. The molecule has 0 N–H and O–H groups in total. The van der Waals surface area contributed by atoms with E-state index in [0.717, 1.165) is 16.9 Å². The molecule has 0 aliphatic carbocycles. The van der Waals surface area contributed by atoms with Crippen LogP contribution in [0.2, 0.25) is 0 Å². The predicted octanol–water partition coefficient (Wildman–Crippen LogP) is 4.90. The van der Waals surface area contributed by atoms with Crippen molar-refractivity contribution in [3.05, 3.63) is 75.3 Å². The Hall–Kier alpha value is -2.07. The third-order valence-electron chi connectivity index (χ3n) is 4.37. The Labute approximate surface area is 153 Å². The molecule has 0 radical (unpaired) electrons. The fraction of sp³-hybridized carbons (Fsp3) is 0.333. The van der Waals surface area contributed by atoms with Crippen LogP contribution >= 0.6 is 11.8 Å². The van der Waals surface area contributed by atoms with Crippen LogP contribution in [0.4, 0.5) is 0 Å². The number of fused-ring (bicyclic) bond motifs is 1. The number of rotatable bonds is 3. The van der Waals surface area contributed by atoms with E-state index in [-0.39, 0.29) is 11.0 Å². The van der Waals surface area contributed by atoms with Gasteiger partial charge in [-0.05, 0) is 48.1 Å². The fourth-order valence-electron chi connectivity index (χ4n) is 2.76. The SMILES string of the molecule is Cc1ccc(C(C)(C)C)cc1SCc1cc(=O)n2cccc(C)c2n1. The van der Waals surface area contributed by atoms with E-state index in [9.17, 15) is 4.79 Å². The number of aromatic nitrogens is 2. The molecule has 3 aromatic rings. The Balaban J connectivity index is 1.91. The highest BCUT2D eigenvalue weighted by atomic mass is 32.2. The van der Waals surface area contributed by atoms with E-state index in [1.807, 2.05) is 19.1 Å². The minimum atomic E-state index is -0.0236. The molecule has 0 aliphatic rings. The van der Waals surface area contributed by atoms with Crippen LogP contribution in [0, 0.1) is 13.8 Å². The van der Waals surface area contributed by atoms with Gasteiger partial charge in [0.2, 0.25) is 0 Å². The number of thioether (sulfide) groups is 1. The Morgan fingerprint density at radius 1 is 1.08 bits per heavy atom. The first-order valence-electron chi connectivity index (χ1n) is 8.47. The molecule has 2 aromatic heterocycles. The highest BCUT2D eigenvalue weighted by molar-refractivity contribution is 7.98. The van der Waals surface area contributed by atoms with E-state index in [0.29, 0.717) is 5.75 Å². The van der Waals surface area contributed by atoms with E-state index >= 15 is 0 Å². The lowest BCUT2D eigenvalue weighted by molar-refractivity contribution is 0.588. The summed E-state index contributed by atoms with van der Waals surface area (Å²) in [6.45, 7) is 10.8. The zero-order valence-corrected chi connectivity index (χ0v) is 16.3. The molecule has 0 fully saturated rings. The smallest absolute Gasteiger partial charge is 0.258 e. The van der Waals surface area contributed by atoms with Crippen molar-refractivity contribution in [1.82, 2.24) is 9.38 Å². The molecular weight excluding hydrogens is 328 g/mol. The fourth-order valence-corrected chi connectivity index (χ4v) is 3.71. The van der Waals surface area contributed by atoms with Gasteiger partial charge in [-0.2, -0.15) is 0 Å². The van der Waals surface area contributed by atoms with Crippen LogP contribution in [0.5, 0.6) is 0 Å². The molecule has 0 spiro atoms. The lowest BCUT2D eigenvalue weighted by atomic mass is 9.87. The van der Waals surface area contributed by atoms with Gasteiger partial charge in [-0.1, -0.05) is 39.0 Å². The van der Waals surface area contributed by atoms with Gasteiger partial charge in [-0.15, -0.1) is 11.8 Å². The van der Waals surface area contributed by atoms with Crippen molar-refractivity contribution in [2.24, 2.45) is 0 Å². The van der Waals surface area contributed by atoms with E-state index in [1.165, 1.54) is 16.0 Å². The molecule has 3 rings (SSSR count). The number of nitrogens with zero attached hydrogens (tertiary/aromatic N) is 2. The second kappa shape index (κ2) is 6.68. The molecule has 1 aromatic carbocycles. The van der Waals surface area contributed by atoms with Crippen molar-refractivity contribution < 1.29 is 0 Å². The van der Waals surface area contributed by atoms with Gasteiger partial charge in [0.1, 0.15) is 5.65 Å². The molecular formula is C21H24N2OS. The Morgan fingerprint density at radius 2 is 1.84 bits per heavy atom. The molecule has 2 heterocycles. The van der Waals surface area contributed by atoms with Gasteiger partial charge in [-0.25, -0.2) is 4.98 Å². The van der Waals surface area contributed by atoms with Crippen LogP contribution in [0.15, 0.2) is 52.3 Å². The summed E-state index contributed by atoms with van der Waals surface area (Å²) in [5.41, 5.74) is 5.26. The maximum absolute atomic E-state index is 12.3. The van der Waals surface area contributed by atoms with E-state index in [2.05, 4.69) is 45.9 Å². The lowest BCUT2D eigenvalue weighted by Gasteiger charge is -2.20. The quantitative estimate of drug-likeness (QED) is 0.629. The summed E-state index contributed by atoms with van der Waals surface area (Å²) in [7, 11) is 0. The van der Waals surface area contributed by atoms with Gasteiger partial charge in [-0.3, -0.25) is 9.20 Å². The highest BCUT2D eigenvalue weighted by Gasteiger charge is 2.15. The van der Waals surface area contributed by atoms with Gasteiger partial charge in [0.05, 0.1) is 5.69 Å². The Morgan fingerprint density at radius 3 is 2.56 bits per heavy atom. The van der Waals surface area contributed by atoms with Crippen molar-refractivity contribution in [2.45, 2.75) is 50.7 Å². The minimum Gasteiger partial charge on any atom is -0.269 e. The van der Waals surface area contributed by atoms with E-state index in [1.54, 1.807) is 28.4 Å². The first kappa shape index (κ1) is 17.7. The number of hydrogen-bond donors (Lipinski definition) is 0. The summed E-state index contributed by atoms with van der Waals surface area (Å²) < 4.78 is 1.61. The second-order valence-corrected chi connectivity index (χ2v) is 8.51. The first-order valence-corrected chi connectivity index (χ1v) is 9.46. The summed E-state index contributed by atoms with van der Waals surface area (Å²) in [4.78, 5) is 18.3. The van der Waals surface area contributed by atoms with Crippen molar-refractivity contribution in [1.29, 1.82) is 0 Å². The summed E-state index contributed by atoms with van der Waals surface area (Å²) in [6, 6.07) is 12.1. The largest absolute Gasteiger partial charge is 0.269 e. The molecule has 3 nitrogen and oxygen atoms in total. The summed E-state index contributed by atoms with van der Waals surface area (Å²) in [5, 5.41) is 0. The van der Waals surface area contributed by atoms with Crippen LogP contribution in [0.25, 0.3) is 5.65 Å². The molecule has 0 atom stereocenters. The number of hydrogen-bond acceptors (Lipinski definition) is 3. The maximum atomic E-state index is 12.3. The van der Waals surface area contributed by atoms with Gasteiger partial charge in [0.15, 0.2) is 0 Å². The Bertz CT molecular complexity index is 983. The number of pyridine rings is 1. The van der Waals surface area contributed by atoms with Crippen molar-refractivity contribution in [3.8, 4) is 0 Å². The highest BCUT2D eigenvalue weighted by Crippen LogP contribution is 2.31. The molecule has 130 valence electrons. The standard InChI is InChI=1S/C21H24N2OS/c1-14-8-9-16(21(3,4)5)11-18(14)25-13-17-12-19(24)23-10-6-7-15(2)20(23)22-17/h6-12H,13H2,1-5H3. The zero-order valence-electron chi connectivity index (χ0n) is 15.5. The van der Waals surface area contributed by atoms with Crippen LogP contribution in [0.1, 0.15) is 43.2 Å². The minimum absolute atomic E-state index is 0.0236. The van der Waals surface area contributed by atoms with Crippen molar-refractivity contribution in [3.63, 3.8) is 0 Å². The topological polar surface area (TPSA) is 34.4 Å². The van der Waals surface area contributed by atoms with Crippen LogP contribution in [0.3, 0.4) is 0 Å². The van der Waals surface area contributed by atoms with Crippen LogP contribution in [-0.2, 0) is 11.2 Å². The van der Waals surface area contributed by atoms with Gasteiger partial charge in [0.25, 0.3) is 5.56 Å². The van der Waals surface area contributed by atoms with E-state index < -0.39 is 0 Å². The lowest BCUT2D eigenvalue weighted by Crippen LogP contribution is -2.15. The van der Waals surface area contributed by atoms with Crippen molar-refractivity contribution >= 4 is 17.4 Å². The zero-order chi connectivity index (χ0) is 18.2. The molecule has 0 amide bonds. The van der Waals surface area contributed by atoms with Gasteiger partial charge >= 0.3 is 0 Å². The van der Waals surface area contributed by atoms with Crippen LogP contribution in [-0.4, -0.2) is 9.38 Å². The van der Waals surface area contributed by atoms with Crippen molar-refractivity contribution in [2.75, 3.05) is 0 Å². The molecule has 0 aliphatic heterocycles. The average molecular weight is 353 g/mol. The monoisotopic (exact) mass is 352 g/mol. The van der Waals surface area contributed by atoms with E-state index in [4.69, 9.17) is 4.98 Å². The number of benzene rings is 1. The number of aryl methyl sites for hydroxylation is 2. The molecule has 0 saturated carbocycles. The molecule has 0 unspecified atom stereocenters. The maximum Gasteiger partial charge on any atom is 0.258 e. The third kappa shape index (κ3) is 3.79. The van der Waals surface area contributed by atoms with Gasteiger partial charge < -0.3 is 0 Å². The molecule has 0 bridgehead atoms. The third-order valence-corrected chi connectivity index (χ3v) is 5.56. The molecule has 0 saturated heterocycles. The summed E-state index contributed by atoms with van der Waals surface area (Å²) in [6.07, 6.45) is 1.77. The predicted molar refractivity (Wildman–Crippen MR) is 106 cm³/mol. The molecule has 25 heavy (non-hydrogen) atoms. The average Bonchev–Trinajstić information content (AvgIpc) is 2.54. The molecule has 4 heteroatoms. The Kier molecular flexibility index (Phi) is 4.74. The van der Waals surface area contributed by atoms with Crippen LogP contribution < -0.4 is 5.56 Å². The summed E-state index contributed by atoms with van der Waals surface area (Å²) in [5.74, 6) is 0.689. The summed E-state index contributed by atoms with van der Waals surface area (Å²) >= 11 is 1.74. The van der Waals surface area contributed by atoms with Gasteiger partial charge in [0, 0.05) is 22.9 Å². The first-order chi connectivity index (χ1) is 11.8. The second-order valence-electron chi connectivity index (χ2n) is 7.49.